The summed E-state index contributed by atoms with van der Waals surface area (Å²) in [6.45, 7) is 0.923. The van der Waals surface area contributed by atoms with Crippen molar-refractivity contribution in [1.29, 1.82) is 0 Å². The Bertz CT molecular complexity index is 1430. The number of carbonyl (C=O) groups is 3. The van der Waals surface area contributed by atoms with E-state index in [0.29, 0.717) is 12.2 Å². The molecule has 3 saturated heterocycles. The van der Waals surface area contributed by atoms with Gasteiger partial charge in [0, 0.05) is 17.3 Å². The number of hydrogen-bond acceptors (Lipinski definition) is 4. The predicted molar refractivity (Wildman–Crippen MR) is 136 cm³/mol. The molecule has 0 radical (unpaired) electrons. The molecular weight excluding hydrogens is 469 g/mol. The van der Waals surface area contributed by atoms with E-state index < -0.39 is 17.4 Å². The molecule has 186 valence electrons. The minimum atomic E-state index is -1.23. The smallest absolute Gasteiger partial charge is 0.253 e. The Morgan fingerprint density at radius 1 is 0.838 bits per heavy atom. The fraction of sp³-hybridized carbons (Fsp3) is 0.300. The van der Waals surface area contributed by atoms with Gasteiger partial charge in [-0.05, 0) is 55.3 Å². The van der Waals surface area contributed by atoms with Gasteiger partial charge < -0.3 is 4.90 Å². The number of piperidine rings is 1. The van der Waals surface area contributed by atoms with E-state index in [1.165, 1.54) is 17.0 Å². The summed E-state index contributed by atoms with van der Waals surface area (Å²) in [5.41, 5.74) is 1.65. The van der Waals surface area contributed by atoms with Crippen LogP contribution in [-0.2, 0) is 26.5 Å². The lowest BCUT2D eigenvalue weighted by atomic mass is 9.76. The molecule has 3 fully saturated rings. The first-order chi connectivity index (χ1) is 18.0. The van der Waals surface area contributed by atoms with E-state index in [9.17, 15) is 18.8 Å². The molecule has 1 spiro atoms. The number of imide groups is 1. The van der Waals surface area contributed by atoms with E-state index in [4.69, 9.17) is 0 Å². The van der Waals surface area contributed by atoms with Crippen LogP contribution in [-0.4, -0.2) is 35.2 Å². The number of rotatable bonds is 3. The van der Waals surface area contributed by atoms with Crippen LogP contribution in [0.1, 0.15) is 30.4 Å². The predicted octanol–water partition coefficient (Wildman–Crippen LogP) is 4.24. The summed E-state index contributed by atoms with van der Waals surface area (Å²) in [4.78, 5) is 48.0. The molecule has 3 amide bonds. The lowest BCUT2D eigenvalue weighted by Gasteiger charge is -2.42. The third kappa shape index (κ3) is 2.92. The molecule has 4 aliphatic heterocycles. The van der Waals surface area contributed by atoms with Gasteiger partial charge in [-0.1, -0.05) is 55.0 Å². The number of halogens is 1. The minimum absolute atomic E-state index is 0.173. The molecule has 3 aromatic carbocycles. The van der Waals surface area contributed by atoms with E-state index in [1.54, 1.807) is 29.2 Å². The van der Waals surface area contributed by atoms with Crippen molar-refractivity contribution in [3.8, 4) is 0 Å². The highest BCUT2D eigenvalue weighted by Gasteiger charge is 2.75. The van der Waals surface area contributed by atoms with Crippen LogP contribution in [0.4, 0.5) is 15.8 Å². The van der Waals surface area contributed by atoms with Crippen LogP contribution in [0.25, 0.3) is 0 Å². The van der Waals surface area contributed by atoms with Crippen LogP contribution in [0.5, 0.6) is 0 Å². The molecule has 0 aliphatic carbocycles. The Kier molecular flexibility index (Phi) is 4.88. The molecule has 0 bridgehead atoms. The number of fused-ring (bicyclic) bond motifs is 7. The molecule has 0 aromatic heterocycles. The van der Waals surface area contributed by atoms with Crippen molar-refractivity contribution >= 4 is 29.1 Å². The van der Waals surface area contributed by atoms with Gasteiger partial charge in [-0.2, -0.15) is 0 Å². The number of hydrogen-bond donors (Lipinski definition) is 0. The molecule has 37 heavy (non-hydrogen) atoms. The topological polar surface area (TPSA) is 60.9 Å². The molecule has 4 aliphatic rings. The monoisotopic (exact) mass is 495 g/mol. The van der Waals surface area contributed by atoms with Gasteiger partial charge in [0.1, 0.15) is 11.4 Å². The quantitative estimate of drug-likeness (QED) is 0.510. The zero-order valence-electron chi connectivity index (χ0n) is 20.2. The van der Waals surface area contributed by atoms with E-state index >= 15 is 0 Å². The van der Waals surface area contributed by atoms with Gasteiger partial charge in [0.15, 0.2) is 0 Å². The van der Waals surface area contributed by atoms with E-state index in [1.807, 2.05) is 42.5 Å². The van der Waals surface area contributed by atoms with Crippen LogP contribution < -0.4 is 9.80 Å². The summed E-state index contributed by atoms with van der Waals surface area (Å²) in [5, 5.41) is 0. The molecule has 4 atom stereocenters. The van der Waals surface area contributed by atoms with Gasteiger partial charge >= 0.3 is 0 Å². The Morgan fingerprint density at radius 3 is 2.35 bits per heavy atom. The van der Waals surface area contributed by atoms with Crippen molar-refractivity contribution in [3.05, 3.63) is 95.8 Å². The summed E-state index contributed by atoms with van der Waals surface area (Å²) < 4.78 is 13.6. The zero-order valence-corrected chi connectivity index (χ0v) is 20.2. The highest BCUT2D eigenvalue weighted by atomic mass is 19.1. The van der Waals surface area contributed by atoms with Gasteiger partial charge in [0.25, 0.3) is 5.91 Å². The summed E-state index contributed by atoms with van der Waals surface area (Å²) >= 11 is 0. The van der Waals surface area contributed by atoms with Gasteiger partial charge in [-0.3, -0.25) is 19.3 Å². The number of benzene rings is 3. The second kappa shape index (κ2) is 8.08. The van der Waals surface area contributed by atoms with Gasteiger partial charge in [-0.15, -0.1) is 0 Å². The Labute approximate surface area is 214 Å². The third-order valence-electron chi connectivity index (χ3n) is 8.66. The first-order valence-corrected chi connectivity index (χ1v) is 12.9. The number of para-hydroxylation sites is 2. The maximum absolute atomic E-state index is 14.7. The number of anilines is 2. The first-order valence-electron chi connectivity index (χ1n) is 12.9. The van der Waals surface area contributed by atoms with Crippen molar-refractivity contribution < 1.29 is 18.8 Å². The maximum Gasteiger partial charge on any atom is 0.253 e. The van der Waals surface area contributed by atoms with Crippen molar-refractivity contribution in [2.45, 2.75) is 37.4 Å². The molecule has 0 unspecified atom stereocenters. The molecule has 7 heteroatoms. The Balaban J connectivity index is 1.40. The average Bonchev–Trinajstić information content (AvgIpc) is 3.47. The fourth-order valence-corrected chi connectivity index (χ4v) is 7.27. The van der Waals surface area contributed by atoms with Crippen molar-refractivity contribution in [3.63, 3.8) is 0 Å². The van der Waals surface area contributed by atoms with Crippen LogP contribution in [0.2, 0.25) is 0 Å². The lowest BCUT2D eigenvalue weighted by Crippen LogP contribution is -2.58. The summed E-state index contributed by atoms with van der Waals surface area (Å²) in [6, 6.07) is 22.6. The largest absolute Gasteiger partial charge is 0.306 e. The Hall–Kier alpha value is -3.84. The molecule has 0 saturated carbocycles. The van der Waals surface area contributed by atoms with Crippen LogP contribution in [0.15, 0.2) is 78.9 Å². The van der Waals surface area contributed by atoms with Crippen LogP contribution in [0, 0.1) is 17.7 Å². The normalized spacial score (nSPS) is 28.7. The molecule has 4 heterocycles. The van der Waals surface area contributed by atoms with E-state index in [0.717, 1.165) is 36.1 Å². The van der Waals surface area contributed by atoms with Crippen molar-refractivity contribution in [2.24, 2.45) is 11.8 Å². The lowest BCUT2D eigenvalue weighted by molar-refractivity contribution is -0.138. The van der Waals surface area contributed by atoms with E-state index in [-0.39, 0.29) is 36.1 Å². The molecular formula is C30H26FN3O3. The van der Waals surface area contributed by atoms with Gasteiger partial charge in [-0.25, -0.2) is 9.29 Å². The fourth-order valence-electron chi connectivity index (χ4n) is 7.27. The average molecular weight is 496 g/mol. The molecule has 3 aromatic rings. The molecule has 7 rings (SSSR count). The van der Waals surface area contributed by atoms with Crippen LogP contribution >= 0.6 is 0 Å². The zero-order chi connectivity index (χ0) is 25.3. The SMILES string of the molecule is O=C1[C@H]2[C@@H](C(=O)N1c1ccccc1)[C@@]1(C(=O)N(Cc3ccc(F)cc3)c3ccccc31)N1CCCC[C@@H]21. The molecule has 0 N–H and O–H groups in total. The minimum Gasteiger partial charge on any atom is -0.306 e. The number of amides is 3. The van der Waals surface area contributed by atoms with Gasteiger partial charge in [0.05, 0.1) is 24.1 Å². The number of carbonyl (C=O) groups excluding carboxylic acids is 3. The second-order valence-corrected chi connectivity index (χ2v) is 10.4. The van der Waals surface area contributed by atoms with Crippen LogP contribution in [0.3, 0.4) is 0 Å². The summed E-state index contributed by atoms with van der Waals surface area (Å²) in [5.74, 6) is -2.39. The maximum atomic E-state index is 14.7. The van der Waals surface area contributed by atoms with Crippen molar-refractivity contribution in [1.82, 2.24) is 4.90 Å². The standard InChI is InChI=1S/C30H26FN3O3/c31-20-15-13-19(14-16-20)18-32-23-11-5-4-10-22(23)30(29(32)37)26-25(24-12-6-7-17-33(24)30)27(35)34(28(26)36)21-8-2-1-3-9-21/h1-5,8-11,13-16,24-26H,6-7,12,17-18H2/t24-,25+,26-,30-/m0/s1. The third-order valence-corrected chi connectivity index (χ3v) is 8.66. The first kappa shape index (κ1) is 22.4. The van der Waals surface area contributed by atoms with Crippen molar-refractivity contribution in [2.75, 3.05) is 16.3 Å². The van der Waals surface area contributed by atoms with Gasteiger partial charge in [0.2, 0.25) is 11.8 Å². The number of nitrogens with zero attached hydrogens (tertiary/aromatic N) is 3. The highest BCUT2D eigenvalue weighted by Crippen LogP contribution is 2.61. The summed E-state index contributed by atoms with van der Waals surface area (Å²) in [6.07, 6.45) is 2.65. The highest BCUT2D eigenvalue weighted by molar-refractivity contribution is 6.26. The summed E-state index contributed by atoms with van der Waals surface area (Å²) in [7, 11) is 0. The van der Waals surface area contributed by atoms with E-state index in [2.05, 4.69) is 4.90 Å². The second-order valence-electron chi connectivity index (χ2n) is 10.4. The Morgan fingerprint density at radius 2 is 1.57 bits per heavy atom. The molecule has 6 nitrogen and oxygen atoms in total.